The lowest BCUT2D eigenvalue weighted by Gasteiger charge is -2.29. The molecule has 15 heavy (non-hydrogen) atoms. The van der Waals surface area contributed by atoms with Gasteiger partial charge in [0.15, 0.2) is 0 Å². The van der Waals surface area contributed by atoms with Gasteiger partial charge in [-0.15, -0.1) is 0 Å². The van der Waals surface area contributed by atoms with E-state index in [0.717, 1.165) is 25.3 Å². The Balaban J connectivity index is 2.47. The molecule has 0 radical (unpaired) electrons. The van der Waals surface area contributed by atoms with E-state index in [-0.39, 0.29) is 17.0 Å². The fourth-order valence-electron chi connectivity index (χ4n) is 2.17. The van der Waals surface area contributed by atoms with Crippen LogP contribution >= 0.6 is 0 Å². The van der Waals surface area contributed by atoms with Crippen molar-refractivity contribution in [2.24, 2.45) is 0 Å². The molecule has 0 unspecified atom stereocenters. The van der Waals surface area contributed by atoms with E-state index in [1.807, 2.05) is 19.1 Å². The number of rotatable bonds is 1. The van der Waals surface area contributed by atoms with E-state index < -0.39 is 0 Å². The van der Waals surface area contributed by atoms with Gasteiger partial charge in [-0.2, -0.15) is 0 Å². The van der Waals surface area contributed by atoms with E-state index >= 15 is 0 Å². The molecule has 2 heteroatoms. The minimum Gasteiger partial charge on any atom is -0.207 e. The smallest absolute Gasteiger partial charge is 0.127 e. The zero-order valence-corrected chi connectivity index (χ0v) is 8.76. The van der Waals surface area contributed by atoms with Crippen molar-refractivity contribution in [3.63, 3.8) is 0 Å². The van der Waals surface area contributed by atoms with E-state index in [1.165, 1.54) is 12.1 Å². The Morgan fingerprint density at radius 2 is 2.07 bits per heavy atom. The van der Waals surface area contributed by atoms with Crippen molar-refractivity contribution in [1.29, 1.82) is 0 Å². The molecule has 0 amide bonds. The molecule has 0 spiro atoms. The van der Waals surface area contributed by atoms with Crippen molar-refractivity contribution in [2.45, 2.75) is 31.6 Å². The highest BCUT2D eigenvalue weighted by Gasteiger charge is 2.28. The molecule has 1 aromatic rings. The first kappa shape index (κ1) is 10.3. The summed E-state index contributed by atoms with van der Waals surface area (Å²) in [6.45, 7) is 1.96. The van der Waals surface area contributed by atoms with E-state index in [1.54, 1.807) is 0 Å². The Bertz CT molecular complexity index is 396. The Hall–Kier alpha value is -1.18. The van der Waals surface area contributed by atoms with Gasteiger partial charge in [-0.05, 0) is 37.5 Å². The molecule has 0 saturated heterocycles. The molecule has 0 aromatic heterocycles. The Morgan fingerprint density at radius 1 is 1.27 bits per heavy atom. The summed E-state index contributed by atoms with van der Waals surface area (Å²) in [6.07, 6.45) is 6.99. The van der Waals surface area contributed by atoms with Gasteiger partial charge < -0.3 is 0 Å². The second kappa shape index (κ2) is 3.76. The van der Waals surface area contributed by atoms with Gasteiger partial charge >= 0.3 is 0 Å². The second-order valence-electron chi connectivity index (χ2n) is 4.34. The van der Waals surface area contributed by atoms with Crippen LogP contribution < -0.4 is 0 Å². The maximum Gasteiger partial charge on any atom is 0.127 e. The summed E-state index contributed by atoms with van der Waals surface area (Å²) in [6, 6.07) is 3.68. The Morgan fingerprint density at radius 3 is 2.73 bits per heavy atom. The molecule has 0 nitrogen and oxygen atoms in total. The van der Waals surface area contributed by atoms with Crippen molar-refractivity contribution in [3.8, 4) is 0 Å². The summed E-state index contributed by atoms with van der Waals surface area (Å²) >= 11 is 0. The zero-order chi connectivity index (χ0) is 10.9. The van der Waals surface area contributed by atoms with Gasteiger partial charge in [-0.25, -0.2) is 8.78 Å². The van der Waals surface area contributed by atoms with Crippen LogP contribution in [0.1, 0.15) is 31.7 Å². The van der Waals surface area contributed by atoms with Crippen molar-refractivity contribution in [3.05, 3.63) is 47.5 Å². The summed E-state index contributed by atoms with van der Waals surface area (Å²) in [4.78, 5) is 0. The van der Waals surface area contributed by atoms with E-state index in [4.69, 9.17) is 0 Å². The normalized spacial score (nSPS) is 25.5. The standard InChI is InChI=1S/C13H14F2/c1-13(7-3-2-4-8-13)11-9-10(14)5-6-12(11)15/h3,5-7,9H,2,4,8H2,1H3/t13-/m0/s1. The summed E-state index contributed by atoms with van der Waals surface area (Å²) in [5.74, 6) is -0.683. The third kappa shape index (κ3) is 1.94. The van der Waals surface area contributed by atoms with Gasteiger partial charge in [0.1, 0.15) is 11.6 Å². The van der Waals surface area contributed by atoms with Gasteiger partial charge in [0.2, 0.25) is 0 Å². The van der Waals surface area contributed by atoms with E-state index in [0.29, 0.717) is 5.56 Å². The Kier molecular flexibility index (Phi) is 2.59. The molecule has 0 bridgehead atoms. The van der Waals surface area contributed by atoms with Crippen molar-refractivity contribution in [1.82, 2.24) is 0 Å². The van der Waals surface area contributed by atoms with Gasteiger partial charge in [0.05, 0.1) is 0 Å². The highest BCUT2D eigenvalue weighted by molar-refractivity contribution is 5.32. The summed E-state index contributed by atoms with van der Waals surface area (Å²) < 4.78 is 26.7. The first-order chi connectivity index (χ1) is 7.12. The van der Waals surface area contributed by atoms with Crippen LogP contribution in [0.4, 0.5) is 8.78 Å². The number of halogens is 2. The average Bonchev–Trinajstić information content (AvgIpc) is 2.23. The third-order valence-electron chi connectivity index (χ3n) is 3.10. The first-order valence-electron chi connectivity index (χ1n) is 5.25. The predicted molar refractivity (Wildman–Crippen MR) is 56.7 cm³/mol. The lowest BCUT2D eigenvalue weighted by Crippen LogP contribution is -2.22. The van der Waals surface area contributed by atoms with Crippen LogP contribution in [-0.2, 0) is 5.41 Å². The minimum absolute atomic E-state index is 0.314. The fourth-order valence-corrected chi connectivity index (χ4v) is 2.17. The van der Waals surface area contributed by atoms with Gasteiger partial charge in [-0.1, -0.05) is 19.1 Å². The summed E-state index contributed by atoms with van der Waals surface area (Å²) in [7, 11) is 0. The summed E-state index contributed by atoms with van der Waals surface area (Å²) in [5, 5.41) is 0. The molecular weight excluding hydrogens is 194 g/mol. The highest BCUT2D eigenvalue weighted by Crippen LogP contribution is 2.36. The molecule has 1 aromatic carbocycles. The number of hydrogen-bond donors (Lipinski definition) is 0. The molecule has 0 N–H and O–H groups in total. The molecule has 0 fully saturated rings. The fraction of sp³-hybridized carbons (Fsp3) is 0.385. The second-order valence-corrected chi connectivity index (χ2v) is 4.34. The number of allylic oxidation sites excluding steroid dienone is 2. The van der Waals surface area contributed by atoms with Crippen LogP contribution in [0.2, 0.25) is 0 Å². The highest BCUT2D eigenvalue weighted by atomic mass is 19.1. The lowest BCUT2D eigenvalue weighted by atomic mass is 9.75. The van der Waals surface area contributed by atoms with E-state index in [9.17, 15) is 8.78 Å². The van der Waals surface area contributed by atoms with Crippen LogP contribution in [0.25, 0.3) is 0 Å². The van der Waals surface area contributed by atoms with Crippen LogP contribution in [0.15, 0.2) is 30.4 Å². The number of benzene rings is 1. The maximum absolute atomic E-state index is 13.6. The third-order valence-corrected chi connectivity index (χ3v) is 3.10. The summed E-state index contributed by atoms with van der Waals surface area (Å²) in [5.41, 5.74) is 0.128. The van der Waals surface area contributed by atoms with Crippen molar-refractivity contribution >= 4 is 0 Å². The Labute approximate surface area is 88.6 Å². The average molecular weight is 208 g/mol. The first-order valence-corrected chi connectivity index (χ1v) is 5.25. The minimum atomic E-state index is -0.369. The van der Waals surface area contributed by atoms with Crippen molar-refractivity contribution in [2.75, 3.05) is 0 Å². The van der Waals surface area contributed by atoms with Gasteiger partial charge in [0.25, 0.3) is 0 Å². The van der Waals surface area contributed by atoms with Gasteiger partial charge in [-0.3, -0.25) is 0 Å². The quantitative estimate of drug-likeness (QED) is 0.613. The molecule has 1 aliphatic carbocycles. The monoisotopic (exact) mass is 208 g/mol. The molecule has 2 rings (SSSR count). The molecule has 1 atom stereocenters. The predicted octanol–water partition coefficient (Wildman–Crippen LogP) is 3.96. The topological polar surface area (TPSA) is 0 Å². The molecule has 0 aliphatic heterocycles. The van der Waals surface area contributed by atoms with E-state index in [2.05, 4.69) is 0 Å². The molecular formula is C13H14F2. The molecule has 80 valence electrons. The van der Waals surface area contributed by atoms with Crippen LogP contribution in [0.3, 0.4) is 0 Å². The molecule has 0 saturated carbocycles. The van der Waals surface area contributed by atoms with Crippen LogP contribution in [0, 0.1) is 11.6 Å². The van der Waals surface area contributed by atoms with Gasteiger partial charge in [0, 0.05) is 11.0 Å². The number of hydrogen-bond acceptors (Lipinski definition) is 0. The van der Waals surface area contributed by atoms with Crippen molar-refractivity contribution < 1.29 is 8.78 Å². The maximum atomic E-state index is 13.6. The molecule has 1 aliphatic rings. The van der Waals surface area contributed by atoms with Crippen LogP contribution in [0.5, 0.6) is 0 Å². The molecule has 0 heterocycles. The zero-order valence-electron chi connectivity index (χ0n) is 8.76. The SMILES string of the molecule is C[C@]1(c2cc(F)ccc2F)C=CCCC1. The van der Waals surface area contributed by atoms with Crippen LogP contribution in [-0.4, -0.2) is 0 Å². The largest absolute Gasteiger partial charge is 0.207 e. The lowest BCUT2D eigenvalue weighted by molar-refractivity contribution is 0.461.